The summed E-state index contributed by atoms with van der Waals surface area (Å²) >= 11 is 0. The van der Waals surface area contributed by atoms with E-state index in [0.717, 1.165) is 5.56 Å². The topological polar surface area (TPSA) is 83.0 Å². The second-order valence-corrected chi connectivity index (χ2v) is 3.16. The van der Waals surface area contributed by atoms with E-state index < -0.39 is 11.8 Å². The molecule has 0 atom stereocenters. The molecule has 0 spiro atoms. The lowest BCUT2D eigenvalue weighted by Gasteiger charge is -1.99. The number of carbonyl (C=O) groups excluding carboxylic acids is 1. The third-order valence-corrected chi connectivity index (χ3v) is 2.14. The molecule has 5 nitrogen and oxygen atoms in total. The summed E-state index contributed by atoms with van der Waals surface area (Å²) in [6.45, 7) is 0. The predicted molar refractivity (Wildman–Crippen MR) is 56.0 cm³/mol. The van der Waals surface area contributed by atoms with Crippen molar-refractivity contribution in [2.24, 2.45) is 0 Å². The van der Waals surface area contributed by atoms with Crippen LogP contribution in [0.3, 0.4) is 0 Å². The Morgan fingerprint density at radius 1 is 1.19 bits per heavy atom. The lowest BCUT2D eigenvalue weighted by Crippen LogP contribution is -2.12. The third kappa shape index (κ3) is 1.70. The summed E-state index contributed by atoms with van der Waals surface area (Å²) in [6.07, 6.45) is 1.22. The van der Waals surface area contributed by atoms with Crippen molar-refractivity contribution in [3.63, 3.8) is 0 Å². The van der Waals surface area contributed by atoms with Crippen LogP contribution in [0.2, 0.25) is 0 Å². The Hall–Kier alpha value is -2.43. The predicted octanol–water partition coefficient (Wildman–Crippen LogP) is 1.34. The zero-order chi connectivity index (χ0) is 11.5. The van der Waals surface area contributed by atoms with Crippen molar-refractivity contribution < 1.29 is 14.7 Å². The van der Waals surface area contributed by atoms with E-state index in [1.807, 2.05) is 6.07 Å². The van der Waals surface area contributed by atoms with Crippen LogP contribution in [-0.2, 0) is 4.79 Å². The second-order valence-electron chi connectivity index (χ2n) is 3.16. The van der Waals surface area contributed by atoms with E-state index in [2.05, 4.69) is 10.2 Å². The maximum atomic E-state index is 11.3. The number of ketones is 1. The van der Waals surface area contributed by atoms with Crippen molar-refractivity contribution in [2.45, 2.75) is 0 Å². The molecular formula is C11H8N2O3. The van der Waals surface area contributed by atoms with Gasteiger partial charge in [0.25, 0.3) is 5.78 Å². The van der Waals surface area contributed by atoms with Crippen LogP contribution in [0, 0.1) is 0 Å². The first-order chi connectivity index (χ1) is 7.70. The summed E-state index contributed by atoms with van der Waals surface area (Å²) in [6, 6.07) is 8.97. The number of rotatable bonds is 3. The van der Waals surface area contributed by atoms with Crippen LogP contribution in [0.4, 0.5) is 0 Å². The van der Waals surface area contributed by atoms with Gasteiger partial charge in [-0.2, -0.15) is 5.10 Å². The van der Waals surface area contributed by atoms with Crippen LogP contribution in [0.5, 0.6) is 0 Å². The molecule has 1 aromatic heterocycles. The number of carbonyl (C=O) groups is 2. The molecule has 2 N–H and O–H groups in total. The molecule has 0 aliphatic rings. The normalized spacial score (nSPS) is 10.0. The number of nitrogens with one attached hydrogen (secondary N) is 1. The average Bonchev–Trinajstić information content (AvgIpc) is 2.77. The first-order valence-electron chi connectivity index (χ1n) is 4.56. The minimum atomic E-state index is -1.49. The fourth-order valence-electron chi connectivity index (χ4n) is 1.40. The van der Waals surface area contributed by atoms with Crippen molar-refractivity contribution in [3.8, 4) is 11.3 Å². The molecule has 0 bridgehead atoms. The zero-order valence-corrected chi connectivity index (χ0v) is 8.18. The number of Topliss-reactive ketones (excluding diaryl/α,β-unsaturated/α-hetero) is 1. The van der Waals surface area contributed by atoms with E-state index in [1.54, 1.807) is 24.3 Å². The standard InChI is InChI=1S/C11H8N2O3/c14-10(11(15)16)8-6-12-13-9(8)7-4-2-1-3-5-7/h1-6H,(H,12,13)(H,15,16). The van der Waals surface area contributed by atoms with Gasteiger partial charge in [-0.05, 0) is 0 Å². The Morgan fingerprint density at radius 2 is 1.88 bits per heavy atom. The fourth-order valence-corrected chi connectivity index (χ4v) is 1.40. The van der Waals surface area contributed by atoms with Gasteiger partial charge in [-0.15, -0.1) is 0 Å². The molecule has 0 fully saturated rings. The number of aliphatic carboxylic acids is 1. The highest BCUT2D eigenvalue weighted by molar-refractivity contribution is 6.41. The van der Waals surface area contributed by atoms with Crippen molar-refractivity contribution in [3.05, 3.63) is 42.1 Å². The Bertz CT molecular complexity index is 531. The molecule has 2 aromatic rings. The lowest BCUT2D eigenvalue weighted by atomic mass is 10.1. The minimum absolute atomic E-state index is 0.0682. The summed E-state index contributed by atoms with van der Waals surface area (Å²) in [5.41, 5.74) is 1.22. The molecule has 0 saturated carbocycles. The Balaban J connectivity index is 2.48. The van der Waals surface area contributed by atoms with Crippen molar-refractivity contribution in [1.29, 1.82) is 0 Å². The molecule has 5 heteroatoms. The zero-order valence-electron chi connectivity index (χ0n) is 8.18. The average molecular weight is 216 g/mol. The van der Waals surface area contributed by atoms with Gasteiger partial charge < -0.3 is 5.11 Å². The molecule has 0 saturated heterocycles. The van der Waals surface area contributed by atoms with Gasteiger partial charge in [0.2, 0.25) is 0 Å². The third-order valence-electron chi connectivity index (χ3n) is 2.14. The number of aromatic amines is 1. The van der Waals surface area contributed by atoms with Gasteiger partial charge in [-0.1, -0.05) is 30.3 Å². The SMILES string of the molecule is O=C(O)C(=O)c1cn[nH]c1-c1ccccc1. The maximum absolute atomic E-state index is 11.3. The maximum Gasteiger partial charge on any atom is 0.377 e. The molecule has 2 rings (SSSR count). The highest BCUT2D eigenvalue weighted by Gasteiger charge is 2.20. The van der Waals surface area contributed by atoms with Gasteiger partial charge >= 0.3 is 5.97 Å². The highest BCUT2D eigenvalue weighted by Crippen LogP contribution is 2.20. The molecular weight excluding hydrogens is 208 g/mol. The Kier molecular flexibility index (Phi) is 2.51. The fraction of sp³-hybridized carbons (Fsp3) is 0. The molecule has 0 aliphatic carbocycles. The van der Waals surface area contributed by atoms with E-state index >= 15 is 0 Å². The first-order valence-corrected chi connectivity index (χ1v) is 4.56. The molecule has 1 heterocycles. The van der Waals surface area contributed by atoms with Gasteiger partial charge in [0.15, 0.2) is 0 Å². The van der Waals surface area contributed by atoms with Crippen LogP contribution in [0.15, 0.2) is 36.5 Å². The number of aromatic nitrogens is 2. The molecule has 80 valence electrons. The van der Waals surface area contributed by atoms with Gasteiger partial charge in [0.1, 0.15) is 0 Å². The van der Waals surface area contributed by atoms with Gasteiger partial charge in [0, 0.05) is 5.56 Å². The largest absolute Gasteiger partial charge is 0.475 e. The molecule has 1 aromatic carbocycles. The smallest absolute Gasteiger partial charge is 0.377 e. The number of carboxylic acid groups (broad SMARTS) is 1. The van der Waals surface area contributed by atoms with Crippen LogP contribution in [-0.4, -0.2) is 27.1 Å². The van der Waals surface area contributed by atoms with Crippen LogP contribution < -0.4 is 0 Å². The number of hydrogen-bond donors (Lipinski definition) is 2. The van der Waals surface area contributed by atoms with Gasteiger partial charge in [-0.3, -0.25) is 9.89 Å². The lowest BCUT2D eigenvalue weighted by molar-refractivity contribution is -0.131. The summed E-state index contributed by atoms with van der Waals surface area (Å²) in [5, 5.41) is 15.0. The van der Waals surface area contributed by atoms with E-state index in [4.69, 9.17) is 5.11 Å². The van der Waals surface area contributed by atoms with Crippen LogP contribution >= 0.6 is 0 Å². The number of benzene rings is 1. The van der Waals surface area contributed by atoms with E-state index in [0.29, 0.717) is 5.69 Å². The van der Waals surface area contributed by atoms with Crippen molar-refractivity contribution >= 4 is 11.8 Å². The number of hydrogen-bond acceptors (Lipinski definition) is 3. The molecule has 0 amide bonds. The van der Waals surface area contributed by atoms with Crippen molar-refractivity contribution in [1.82, 2.24) is 10.2 Å². The van der Waals surface area contributed by atoms with Gasteiger partial charge in [0.05, 0.1) is 17.5 Å². The highest BCUT2D eigenvalue weighted by atomic mass is 16.4. The summed E-state index contributed by atoms with van der Waals surface area (Å²) in [5.74, 6) is -2.45. The van der Waals surface area contributed by atoms with E-state index in [-0.39, 0.29) is 5.56 Å². The van der Waals surface area contributed by atoms with Crippen molar-refractivity contribution in [2.75, 3.05) is 0 Å². The molecule has 16 heavy (non-hydrogen) atoms. The molecule has 0 unspecified atom stereocenters. The van der Waals surface area contributed by atoms with Crippen LogP contribution in [0.1, 0.15) is 10.4 Å². The monoisotopic (exact) mass is 216 g/mol. The summed E-state index contributed by atoms with van der Waals surface area (Å²) in [7, 11) is 0. The molecule has 0 aliphatic heterocycles. The van der Waals surface area contributed by atoms with Crippen LogP contribution in [0.25, 0.3) is 11.3 Å². The Labute approximate surface area is 90.7 Å². The molecule has 0 radical (unpaired) electrons. The van der Waals surface area contributed by atoms with E-state index in [1.165, 1.54) is 6.20 Å². The minimum Gasteiger partial charge on any atom is -0.475 e. The summed E-state index contributed by atoms with van der Waals surface area (Å²) < 4.78 is 0. The number of nitrogens with zero attached hydrogens (tertiary/aromatic N) is 1. The van der Waals surface area contributed by atoms with Gasteiger partial charge in [-0.25, -0.2) is 4.79 Å². The Morgan fingerprint density at radius 3 is 2.50 bits per heavy atom. The van der Waals surface area contributed by atoms with E-state index in [9.17, 15) is 9.59 Å². The first kappa shape index (κ1) is 10.1. The summed E-state index contributed by atoms with van der Waals surface area (Å²) in [4.78, 5) is 21.9. The number of H-pyrrole nitrogens is 1. The quantitative estimate of drug-likeness (QED) is 0.599. The second kappa shape index (κ2) is 3.98. The number of carboxylic acids is 1.